The van der Waals surface area contributed by atoms with Gasteiger partial charge in [-0.25, -0.2) is 0 Å². The summed E-state index contributed by atoms with van der Waals surface area (Å²) in [5.41, 5.74) is 1.62. The fourth-order valence-electron chi connectivity index (χ4n) is 3.04. The first-order chi connectivity index (χ1) is 14.5. The van der Waals surface area contributed by atoms with Crippen LogP contribution in [-0.2, 0) is 0 Å². The van der Waals surface area contributed by atoms with Crippen molar-refractivity contribution in [3.8, 4) is 5.75 Å². The Morgan fingerprint density at radius 2 is 1.70 bits per heavy atom. The summed E-state index contributed by atoms with van der Waals surface area (Å²) in [6.45, 7) is 7.87. The van der Waals surface area contributed by atoms with Crippen LogP contribution in [0.4, 0.5) is 5.69 Å². The summed E-state index contributed by atoms with van der Waals surface area (Å²) in [5, 5.41) is 5.79. The number of anilines is 1. The normalized spacial score (nSPS) is 10.2. The Morgan fingerprint density at radius 1 is 1.00 bits per heavy atom. The number of nitrogens with one attached hydrogen (secondary N) is 2. The van der Waals surface area contributed by atoms with Crippen molar-refractivity contribution in [2.24, 2.45) is 0 Å². The Morgan fingerprint density at radius 3 is 2.37 bits per heavy atom. The van der Waals surface area contributed by atoms with Crippen molar-refractivity contribution in [1.29, 1.82) is 0 Å². The van der Waals surface area contributed by atoms with Crippen LogP contribution < -0.4 is 15.4 Å². The molecule has 0 aromatic heterocycles. The molecule has 0 spiro atoms. The molecule has 0 heterocycles. The highest BCUT2D eigenvalue weighted by atomic mass is 32.1. The zero-order valence-electron chi connectivity index (χ0n) is 17.7. The first-order valence-electron chi connectivity index (χ1n) is 10.2. The Labute approximate surface area is 183 Å². The number of ether oxygens (including phenoxy) is 1. The van der Waals surface area contributed by atoms with Crippen molar-refractivity contribution in [1.82, 2.24) is 10.2 Å². The molecular weight excluding hydrogens is 398 g/mol. The molecule has 0 aliphatic heterocycles. The molecule has 0 aliphatic rings. The van der Waals surface area contributed by atoms with Crippen molar-refractivity contribution in [2.75, 3.05) is 25.0 Å². The van der Waals surface area contributed by atoms with Crippen LogP contribution in [0.2, 0.25) is 0 Å². The summed E-state index contributed by atoms with van der Waals surface area (Å²) in [7, 11) is 0. The number of amides is 2. The molecule has 160 valence electrons. The second-order valence-electron chi connectivity index (χ2n) is 6.71. The van der Waals surface area contributed by atoms with E-state index in [1.165, 1.54) is 0 Å². The molecule has 2 aromatic rings. The molecule has 0 atom stereocenters. The highest BCUT2D eigenvalue weighted by molar-refractivity contribution is 7.80. The Balaban J connectivity index is 2.06. The molecule has 2 rings (SSSR count). The number of thiocarbonyl (C=S) groups is 1. The lowest BCUT2D eigenvalue weighted by atomic mass is 10.1. The van der Waals surface area contributed by atoms with Gasteiger partial charge in [0.15, 0.2) is 5.11 Å². The van der Waals surface area contributed by atoms with E-state index in [2.05, 4.69) is 24.5 Å². The number of carbonyl (C=O) groups excluding carboxylic acids is 2. The molecule has 0 bridgehead atoms. The minimum atomic E-state index is -0.360. The van der Waals surface area contributed by atoms with Gasteiger partial charge in [0, 0.05) is 24.3 Å². The zero-order valence-corrected chi connectivity index (χ0v) is 18.6. The van der Waals surface area contributed by atoms with Gasteiger partial charge in [-0.2, -0.15) is 0 Å². The number of nitrogens with zero attached hydrogens (tertiary/aromatic N) is 1. The van der Waals surface area contributed by atoms with E-state index < -0.39 is 0 Å². The number of carbonyl (C=O) groups is 2. The largest absolute Gasteiger partial charge is 0.493 e. The Bertz CT molecular complexity index is 880. The summed E-state index contributed by atoms with van der Waals surface area (Å²) in [4.78, 5) is 27.2. The van der Waals surface area contributed by atoms with Gasteiger partial charge in [-0.1, -0.05) is 32.0 Å². The smallest absolute Gasteiger partial charge is 0.261 e. The SMILES string of the molecule is CCCN(CCC)C(=O)c1cccc(NC(=S)NC(=O)c2ccccc2OCC)c1. The maximum Gasteiger partial charge on any atom is 0.261 e. The highest BCUT2D eigenvalue weighted by Gasteiger charge is 2.16. The molecule has 7 heteroatoms. The van der Waals surface area contributed by atoms with E-state index >= 15 is 0 Å². The minimum absolute atomic E-state index is 0.0112. The second-order valence-corrected chi connectivity index (χ2v) is 7.12. The van der Waals surface area contributed by atoms with Crippen molar-refractivity contribution in [3.63, 3.8) is 0 Å². The molecular formula is C23H29N3O3S. The van der Waals surface area contributed by atoms with E-state index in [-0.39, 0.29) is 16.9 Å². The highest BCUT2D eigenvalue weighted by Crippen LogP contribution is 2.18. The van der Waals surface area contributed by atoms with Gasteiger partial charge in [-0.05, 0) is 62.3 Å². The van der Waals surface area contributed by atoms with Gasteiger partial charge in [-0.15, -0.1) is 0 Å². The summed E-state index contributed by atoms with van der Waals surface area (Å²) in [6.07, 6.45) is 1.81. The molecule has 0 saturated carbocycles. The summed E-state index contributed by atoms with van der Waals surface area (Å²) < 4.78 is 5.50. The maximum absolute atomic E-state index is 12.8. The van der Waals surface area contributed by atoms with Crippen molar-refractivity contribution in [2.45, 2.75) is 33.6 Å². The minimum Gasteiger partial charge on any atom is -0.493 e. The lowest BCUT2D eigenvalue weighted by Crippen LogP contribution is -2.34. The van der Waals surface area contributed by atoms with Gasteiger partial charge in [0.2, 0.25) is 0 Å². The molecule has 2 aromatic carbocycles. The lowest BCUT2D eigenvalue weighted by molar-refractivity contribution is 0.0755. The first kappa shape index (κ1) is 23.3. The van der Waals surface area contributed by atoms with Crippen molar-refractivity contribution in [3.05, 3.63) is 59.7 Å². The number of hydrogen-bond acceptors (Lipinski definition) is 4. The monoisotopic (exact) mass is 427 g/mol. The van der Waals surface area contributed by atoms with Crippen LogP contribution in [0, 0.1) is 0 Å². The summed E-state index contributed by atoms with van der Waals surface area (Å²) in [6, 6.07) is 14.1. The number of hydrogen-bond donors (Lipinski definition) is 2. The Hall–Kier alpha value is -2.93. The summed E-state index contributed by atoms with van der Waals surface area (Å²) >= 11 is 5.28. The molecule has 2 amide bonds. The van der Waals surface area contributed by atoms with Crippen LogP contribution in [0.1, 0.15) is 54.3 Å². The average molecular weight is 428 g/mol. The fourth-order valence-corrected chi connectivity index (χ4v) is 3.25. The molecule has 0 aliphatic carbocycles. The number of para-hydroxylation sites is 1. The van der Waals surface area contributed by atoms with E-state index in [1.54, 1.807) is 48.5 Å². The van der Waals surface area contributed by atoms with E-state index in [1.807, 2.05) is 11.8 Å². The fraction of sp³-hybridized carbons (Fsp3) is 0.348. The Kier molecular flexibility index (Phi) is 9.28. The molecule has 0 fully saturated rings. The molecule has 2 N–H and O–H groups in total. The maximum atomic E-state index is 12.8. The van der Waals surface area contributed by atoms with E-state index in [0.717, 1.165) is 25.9 Å². The van der Waals surface area contributed by atoms with E-state index in [0.29, 0.717) is 29.2 Å². The average Bonchev–Trinajstić information content (AvgIpc) is 2.73. The van der Waals surface area contributed by atoms with Gasteiger partial charge in [0.1, 0.15) is 5.75 Å². The van der Waals surface area contributed by atoms with Crippen LogP contribution in [0.3, 0.4) is 0 Å². The third-order valence-corrected chi connectivity index (χ3v) is 4.50. The molecule has 0 unspecified atom stereocenters. The number of benzene rings is 2. The third kappa shape index (κ3) is 6.56. The van der Waals surface area contributed by atoms with Crippen LogP contribution in [-0.4, -0.2) is 41.5 Å². The second kappa shape index (κ2) is 11.9. The predicted octanol–water partition coefficient (Wildman–Crippen LogP) is 4.47. The zero-order chi connectivity index (χ0) is 21.9. The van der Waals surface area contributed by atoms with Gasteiger partial charge >= 0.3 is 0 Å². The van der Waals surface area contributed by atoms with Gasteiger partial charge < -0.3 is 15.0 Å². The van der Waals surface area contributed by atoms with Crippen LogP contribution >= 0.6 is 12.2 Å². The van der Waals surface area contributed by atoms with Gasteiger partial charge in [-0.3, -0.25) is 14.9 Å². The molecule has 0 radical (unpaired) electrons. The van der Waals surface area contributed by atoms with E-state index in [9.17, 15) is 9.59 Å². The lowest BCUT2D eigenvalue weighted by Gasteiger charge is -2.22. The number of rotatable bonds is 9. The molecule has 6 nitrogen and oxygen atoms in total. The summed E-state index contributed by atoms with van der Waals surface area (Å²) in [5.74, 6) is 0.128. The molecule has 0 saturated heterocycles. The van der Waals surface area contributed by atoms with Crippen molar-refractivity contribution >= 4 is 34.8 Å². The van der Waals surface area contributed by atoms with Gasteiger partial charge in [0.05, 0.1) is 12.2 Å². The van der Waals surface area contributed by atoms with Crippen molar-refractivity contribution < 1.29 is 14.3 Å². The predicted molar refractivity (Wildman–Crippen MR) is 124 cm³/mol. The van der Waals surface area contributed by atoms with Gasteiger partial charge in [0.25, 0.3) is 11.8 Å². The first-order valence-corrected chi connectivity index (χ1v) is 10.6. The quantitative estimate of drug-likeness (QED) is 0.578. The van der Waals surface area contributed by atoms with E-state index in [4.69, 9.17) is 17.0 Å². The van der Waals surface area contributed by atoms with Crippen LogP contribution in [0.25, 0.3) is 0 Å². The standard InChI is InChI=1S/C23H29N3O3S/c1-4-14-26(15-5-2)22(28)17-10-9-11-18(16-17)24-23(30)25-21(27)19-12-7-8-13-20(19)29-6-3/h7-13,16H,4-6,14-15H2,1-3H3,(H2,24,25,27,30). The van der Waals surface area contributed by atoms with Crippen LogP contribution in [0.5, 0.6) is 5.75 Å². The third-order valence-electron chi connectivity index (χ3n) is 4.30. The topological polar surface area (TPSA) is 70.7 Å². The molecule has 30 heavy (non-hydrogen) atoms. The van der Waals surface area contributed by atoms with Crippen LogP contribution in [0.15, 0.2) is 48.5 Å².